The van der Waals surface area contributed by atoms with Crippen molar-refractivity contribution in [1.29, 1.82) is 0 Å². The van der Waals surface area contributed by atoms with Crippen LogP contribution in [-0.2, 0) is 56.0 Å². The minimum absolute atomic E-state index is 0.00785. The van der Waals surface area contributed by atoms with Gasteiger partial charge in [0, 0.05) is 89.5 Å². The molecule has 11 atom stereocenters. The number of urea groups is 1. The van der Waals surface area contributed by atoms with E-state index in [9.17, 15) is 38.4 Å². The number of benzene rings is 2. The Morgan fingerprint density at radius 1 is 0.722 bits per heavy atom. The van der Waals surface area contributed by atoms with Crippen LogP contribution in [0.1, 0.15) is 131 Å². The second-order valence-corrected chi connectivity index (χ2v) is 23.3. The van der Waals surface area contributed by atoms with E-state index in [1.54, 1.807) is 62.3 Å². The van der Waals surface area contributed by atoms with Crippen LogP contribution in [0.2, 0.25) is 0 Å². The molecule has 18 nitrogen and oxygen atoms in total. The highest BCUT2D eigenvalue weighted by Crippen LogP contribution is 2.32. The van der Waals surface area contributed by atoms with E-state index in [2.05, 4.69) is 16.0 Å². The number of hydrogen-bond donors (Lipinski definition) is 5. The quantitative estimate of drug-likeness (QED) is 0.0447. The molecular weight excluding hydrogens is 1000 g/mol. The summed E-state index contributed by atoms with van der Waals surface area (Å²) in [7, 11) is 8.64. The lowest BCUT2D eigenvalue weighted by Gasteiger charge is -2.41. The number of likely N-dealkylation sites (tertiary alicyclic amines) is 1. The van der Waals surface area contributed by atoms with Gasteiger partial charge >= 0.3 is 6.03 Å². The zero-order chi connectivity index (χ0) is 59.3. The molecule has 1 aliphatic rings. The topological polar surface area (TPSA) is 253 Å². The molecule has 79 heavy (non-hydrogen) atoms. The third kappa shape index (κ3) is 20.5. The SMILES string of the molecule is CC[C@H](C)[C@@H]([C@@H](CC(=O)N1CCC[C@H]1[C@H](OC)[C@@H](C)C(=O)C[C@@H](Cc1ccccc1)C(=O)NCc1ccc(NC(=O)[C@H](CCCNC(N)=O)CC(=O)[C@@H](N)C(C)C)cc1)OC)N(C)C(=O)[C@@H](CC(=O)[C@H](C(C)C)N(C)C)C(C)C. The van der Waals surface area contributed by atoms with Crippen LogP contribution in [0, 0.1) is 47.3 Å². The number of methoxy groups -OCH3 is 2. The Kier molecular flexibility index (Phi) is 28.5. The summed E-state index contributed by atoms with van der Waals surface area (Å²) in [6, 6.07) is 13.9. The molecule has 442 valence electrons. The largest absolute Gasteiger partial charge is 0.379 e. The molecule has 0 aliphatic carbocycles. The molecule has 1 saturated heterocycles. The number of nitrogens with zero attached hydrogens (tertiary/aromatic N) is 3. The van der Waals surface area contributed by atoms with Crippen molar-refractivity contribution in [1.82, 2.24) is 25.3 Å². The van der Waals surface area contributed by atoms with E-state index in [4.69, 9.17) is 20.9 Å². The molecule has 18 heteroatoms. The molecule has 6 amide bonds. The number of ether oxygens (including phenoxy) is 2. The Balaban J connectivity index is 1.77. The lowest BCUT2D eigenvalue weighted by atomic mass is 9.83. The number of ketones is 3. The van der Waals surface area contributed by atoms with E-state index in [1.165, 1.54) is 0 Å². The number of carbonyl (C=O) groups excluding carboxylic acids is 8. The standard InChI is InChI=1S/C61H98N8O10/c1-15-40(8)56(68(12)60(76)47(37(2)3)34-51(72)55(39(6)7)67(10)11)52(78-13)35-53(73)69-30-20-24-48(69)57(79-14)41(9)49(70)33-45(31-42-21-17-16-18-22-42)58(74)65-36-43-25-27-46(28-26-43)66-59(75)44(23-19-29-64-61(63)77)32-50(71)54(62)38(4)5/h16-18,21-22,25-28,37-41,44-45,47-48,52,54-57H,15,19-20,23-24,29-36,62H2,1-14H3,(H,65,74)(H,66,75)(H3,63,64,77)/t40-,41-,44+,45+,47-,48-,52+,54-,55-,56-,57+/m0/s1. The number of amides is 6. The second kappa shape index (κ2) is 33.3. The van der Waals surface area contributed by atoms with Gasteiger partial charge in [-0.15, -0.1) is 0 Å². The van der Waals surface area contributed by atoms with E-state index in [0.717, 1.165) is 17.5 Å². The smallest absolute Gasteiger partial charge is 0.312 e. The molecule has 0 unspecified atom stereocenters. The van der Waals surface area contributed by atoms with E-state index >= 15 is 0 Å². The fraction of sp³-hybridized carbons (Fsp3) is 0.672. The van der Waals surface area contributed by atoms with Gasteiger partial charge in [0.2, 0.25) is 23.6 Å². The molecule has 3 rings (SSSR count). The molecule has 0 radical (unpaired) electrons. The van der Waals surface area contributed by atoms with Crippen molar-refractivity contribution < 1.29 is 47.8 Å². The first kappa shape index (κ1) is 67.7. The van der Waals surface area contributed by atoms with Gasteiger partial charge in [-0.25, -0.2) is 4.79 Å². The van der Waals surface area contributed by atoms with Crippen LogP contribution in [0.25, 0.3) is 0 Å². The van der Waals surface area contributed by atoms with Crippen LogP contribution in [0.4, 0.5) is 10.5 Å². The van der Waals surface area contributed by atoms with E-state index in [0.29, 0.717) is 44.3 Å². The van der Waals surface area contributed by atoms with Crippen LogP contribution >= 0.6 is 0 Å². The Morgan fingerprint density at radius 3 is 1.90 bits per heavy atom. The highest BCUT2D eigenvalue weighted by atomic mass is 16.5. The molecular formula is C61H98N8O10. The fourth-order valence-corrected chi connectivity index (χ4v) is 11.3. The number of primary amides is 1. The van der Waals surface area contributed by atoms with Gasteiger partial charge in [-0.1, -0.05) is 111 Å². The van der Waals surface area contributed by atoms with Gasteiger partial charge in [0.15, 0.2) is 11.6 Å². The van der Waals surface area contributed by atoms with Gasteiger partial charge in [-0.05, 0) is 93.1 Å². The number of likely N-dealkylation sites (N-methyl/N-ethyl adjacent to an activating group) is 2. The normalized spacial score (nSPS) is 17.5. The first-order chi connectivity index (χ1) is 37.3. The van der Waals surface area contributed by atoms with Crippen LogP contribution in [-0.4, -0.2) is 147 Å². The zero-order valence-corrected chi connectivity index (χ0v) is 50.1. The van der Waals surface area contributed by atoms with Crippen molar-refractivity contribution in [3.05, 3.63) is 65.7 Å². The summed E-state index contributed by atoms with van der Waals surface area (Å²) >= 11 is 0. The highest BCUT2D eigenvalue weighted by Gasteiger charge is 2.44. The predicted molar refractivity (Wildman–Crippen MR) is 309 cm³/mol. The van der Waals surface area contributed by atoms with Crippen LogP contribution < -0.4 is 27.4 Å². The number of nitrogens with one attached hydrogen (secondary N) is 3. The van der Waals surface area contributed by atoms with Gasteiger partial charge in [-0.3, -0.25) is 38.5 Å². The average Bonchev–Trinajstić information content (AvgIpc) is 3.92. The van der Waals surface area contributed by atoms with E-state index < -0.39 is 60.0 Å². The maximum atomic E-state index is 14.6. The minimum Gasteiger partial charge on any atom is -0.379 e. The summed E-state index contributed by atoms with van der Waals surface area (Å²) in [5.41, 5.74) is 13.4. The van der Waals surface area contributed by atoms with Crippen molar-refractivity contribution in [2.24, 2.45) is 58.8 Å². The van der Waals surface area contributed by atoms with Crippen LogP contribution in [0.15, 0.2) is 54.6 Å². The third-order valence-corrected chi connectivity index (χ3v) is 16.2. The average molecular weight is 1100 g/mol. The molecule has 1 aliphatic heterocycles. The highest BCUT2D eigenvalue weighted by molar-refractivity contribution is 5.96. The van der Waals surface area contributed by atoms with Crippen molar-refractivity contribution in [2.45, 2.75) is 169 Å². The van der Waals surface area contributed by atoms with Crippen LogP contribution in [0.3, 0.4) is 0 Å². The van der Waals surface area contributed by atoms with Crippen molar-refractivity contribution >= 4 is 52.7 Å². The molecule has 0 aromatic heterocycles. The summed E-state index contributed by atoms with van der Waals surface area (Å²) < 4.78 is 12.2. The second-order valence-electron chi connectivity index (χ2n) is 23.3. The molecule has 0 spiro atoms. The third-order valence-electron chi connectivity index (χ3n) is 16.2. The Hall–Kier alpha value is -5.56. The number of nitrogens with two attached hydrogens (primary N) is 2. The Bertz CT molecular complexity index is 2270. The van der Waals surface area contributed by atoms with E-state index in [-0.39, 0.29) is 109 Å². The molecule has 1 fully saturated rings. The number of Topliss-reactive ketones (excluding diaryl/α,β-unsaturated/α-hetero) is 3. The first-order valence-corrected chi connectivity index (χ1v) is 28.6. The zero-order valence-electron chi connectivity index (χ0n) is 50.1. The van der Waals surface area contributed by atoms with Crippen LogP contribution in [0.5, 0.6) is 0 Å². The Morgan fingerprint density at radius 2 is 1.35 bits per heavy atom. The summed E-state index contributed by atoms with van der Waals surface area (Å²) in [5.74, 6) is -4.19. The first-order valence-electron chi connectivity index (χ1n) is 28.6. The van der Waals surface area contributed by atoms with E-state index in [1.807, 2.05) is 105 Å². The minimum atomic E-state index is -0.728. The van der Waals surface area contributed by atoms with Gasteiger partial charge in [-0.2, -0.15) is 0 Å². The summed E-state index contributed by atoms with van der Waals surface area (Å²) in [6.45, 7) is 18.4. The van der Waals surface area contributed by atoms with Crippen molar-refractivity contribution in [3.63, 3.8) is 0 Å². The number of anilines is 1. The monoisotopic (exact) mass is 1100 g/mol. The predicted octanol–water partition coefficient (Wildman–Crippen LogP) is 6.80. The lowest BCUT2D eigenvalue weighted by Crippen LogP contribution is -2.54. The Labute approximate surface area is 471 Å². The molecule has 2 aromatic carbocycles. The van der Waals surface area contributed by atoms with Gasteiger partial charge in [0.25, 0.3) is 0 Å². The maximum Gasteiger partial charge on any atom is 0.312 e. The fourth-order valence-electron chi connectivity index (χ4n) is 11.3. The van der Waals surface area contributed by atoms with Gasteiger partial charge in [0.05, 0.1) is 42.8 Å². The molecule has 0 saturated carbocycles. The molecule has 1 heterocycles. The molecule has 7 N–H and O–H groups in total. The summed E-state index contributed by atoms with van der Waals surface area (Å²) in [5, 5.41) is 8.43. The number of hydrogen-bond acceptors (Lipinski definition) is 12. The van der Waals surface area contributed by atoms with Crippen molar-refractivity contribution in [3.8, 4) is 0 Å². The number of carbonyl (C=O) groups is 8. The lowest BCUT2D eigenvalue weighted by molar-refractivity contribution is -0.149. The summed E-state index contributed by atoms with van der Waals surface area (Å²) in [6.07, 6.45) is 1.74. The summed E-state index contributed by atoms with van der Waals surface area (Å²) in [4.78, 5) is 114. The van der Waals surface area contributed by atoms with Crippen molar-refractivity contribution in [2.75, 3.05) is 53.8 Å². The molecule has 0 bridgehead atoms. The maximum absolute atomic E-state index is 14.6. The van der Waals surface area contributed by atoms with Gasteiger partial charge < -0.3 is 46.7 Å². The van der Waals surface area contributed by atoms with Gasteiger partial charge in [0.1, 0.15) is 5.78 Å². The molecule has 2 aromatic rings. The number of rotatable bonds is 35.